The molecule has 682 valence electrons. The number of hydrogen-bond acceptors (Lipinski definition) is 24. The number of ether oxygens (including phenoxy) is 2. The van der Waals surface area contributed by atoms with Gasteiger partial charge in [-0.3, -0.25) is 19.2 Å². The Morgan fingerprint density at radius 3 is 0.947 bits per heavy atom. The summed E-state index contributed by atoms with van der Waals surface area (Å²) in [5, 5.41) is 41.3. The number of nitrogens with zero attached hydrogens (tertiary/aromatic N) is 8. The van der Waals surface area contributed by atoms with E-state index in [0.29, 0.717) is 92.6 Å². The summed E-state index contributed by atoms with van der Waals surface area (Å²) < 4.78 is 159. The maximum atomic E-state index is 14.0. The number of aliphatic carboxylic acids is 4. The normalized spacial score (nSPS) is 11.7. The Kier molecular flexibility index (Phi) is 31.3. The Bertz CT molecular complexity index is 6710. The van der Waals surface area contributed by atoms with Crippen LogP contribution in [0.1, 0.15) is 133 Å². The minimum atomic E-state index is -4.74. The fraction of sp³-hybridized carbons (Fsp3) is 0.261. The smallest absolute Gasteiger partial charge is 0.419 e. The van der Waals surface area contributed by atoms with Crippen molar-refractivity contribution in [2.45, 2.75) is 167 Å². The third-order valence-corrected chi connectivity index (χ3v) is 32.1. The van der Waals surface area contributed by atoms with Crippen LogP contribution in [0.2, 0.25) is 0 Å². The first-order chi connectivity index (χ1) is 62.0. The van der Waals surface area contributed by atoms with Crippen molar-refractivity contribution in [2.75, 3.05) is 0 Å². The largest absolute Gasteiger partial charge is 0.488 e. The predicted molar refractivity (Wildman–Crippen MR) is 498 cm³/mol. The first-order valence-corrected chi connectivity index (χ1v) is 48.3. The van der Waals surface area contributed by atoms with Crippen molar-refractivity contribution in [1.29, 1.82) is 0 Å². The van der Waals surface area contributed by atoms with Crippen LogP contribution in [0.3, 0.4) is 0 Å². The number of aromatic nitrogens is 8. The van der Waals surface area contributed by atoms with Gasteiger partial charge in [-0.05, 0) is 169 Å². The number of thioether (sulfide) groups is 2. The van der Waals surface area contributed by atoms with Crippen molar-refractivity contribution in [3.05, 3.63) is 252 Å². The summed E-state index contributed by atoms with van der Waals surface area (Å²) in [6.07, 6.45) is -11.6. The average molecular weight is 1980 g/mol. The van der Waals surface area contributed by atoms with Crippen LogP contribution in [0.15, 0.2) is 143 Å². The standard InChI is InChI=1S/C23H18F4N2O2S3.C23H19F3N2O3S2.C23H19F3N2O2S3.C23H21FN2O3S2/c1-11-7-14(9-17-21(11)34-19(29-17)5-6-20(30)31)32-10-18-12(2)28-22(33-18)13-3-4-15(16(24)8-13)23(25,26)27;2*1-12-9-16(10-17-21(12)33-19(28-17)7-8-20(29)30)31-11-18-13(2)27-22(32-18)14-3-5-15(6-4-14)23(24,25)26;1-12-4-5-15(9-17(12)24)23-25-14(3)19(30-23)11-29-16-8-13(2)22-18(10-16)26-20(31-22)6-7-21(27)28/h3-4,7-9H,5-6,10H2,1-2H3,(H,30,31);2*3-6,9-10H,7-8,11H2,1-2H3,(H,29,30);4-5,8-10H,6-7,11H2,1-3H3,(H,27,28). The zero-order valence-corrected chi connectivity index (χ0v) is 78.9. The van der Waals surface area contributed by atoms with Crippen LogP contribution in [0.5, 0.6) is 11.5 Å². The fourth-order valence-electron chi connectivity index (χ4n) is 13.0. The van der Waals surface area contributed by atoms with Crippen LogP contribution in [-0.2, 0) is 88.1 Å². The first kappa shape index (κ1) is 97.8. The number of carbonyl (C=O) groups is 4. The van der Waals surface area contributed by atoms with Gasteiger partial charge >= 0.3 is 42.4 Å². The van der Waals surface area contributed by atoms with Crippen molar-refractivity contribution in [2.24, 2.45) is 0 Å². The molecule has 0 radical (unpaired) electrons. The van der Waals surface area contributed by atoms with E-state index >= 15 is 0 Å². The second-order valence-corrected chi connectivity index (χ2v) is 40.7. The number of hydrogen-bond donors (Lipinski definition) is 4. The van der Waals surface area contributed by atoms with E-state index in [-0.39, 0.29) is 38.1 Å². The lowest BCUT2D eigenvalue weighted by Crippen LogP contribution is -2.07. The van der Waals surface area contributed by atoms with Crippen LogP contribution in [0.25, 0.3) is 83.2 Å². The molecular formula is C92H77F11N8O10S10. The molecule has 0 amide bonds. The molecule has 18 nitrogen and oxygen atoms in total. The topological polar surface area (TPSA) is 271 Å². The summed E-state index contributed by atoms with van der Waals surface area (Å²) in [4.78, 5) is 85.5. The summed E-state index contributed by atoms with van der Waals surface area (Å²) >= 11 is 15.0. The maximum absolute atomic E-state index is 14.0. The molecule has 0 aliphatic heterocycles. The number of halogens is 11. The van der Waals surface area contributed by atoms with E-state index in [4.69, 9.17) is 29.9 Å². The van der Waals surface area contributed by atoms with Gasteiger partial charge in [-0.1, -0.05) is 42.5 Å². The number of benzene rings is 8. The molecule has 16 rings (SSSR count). The number of aryl methyl sites for hydroxylation is 13. The lowest BCUT2D eigenvalue weighted by molar-refractivity contribution is -0.140. The summed E-state index contributed by atoms with van der Waals surface area (Å²) in [5.41, 5.74) is 11.0. The summed E-state index contributed by atoms with van der Waals surface area (Å²) in [7, 11) is 0. The molecule has 0 saturated carbocycles. The zero-order valence-electron chi connectivity index (χ0n) is 70.7. The predicted octanol–water partition coefficient (Wildman–Crippen LogP) is 27.6. The summed E-state index contributed by atoms with van der Waals surface area (Å²) in [6, 6.07) is 33.8. The SMILES string of the molecule is Cc1ccc(-c2nc(C)c(COc3cc(C)c4sc(CCC(=O)O)nc4c3)s2)cc1F.Cc1nc(-c2ccc(C(F)(F)F)c(F)c2)sc1CSc1cc(C)c2sc(CCC(=O)O)nc2c1.Cc1nc(-c2ccc(C(F)(F)F)cc2)sc1COc1cc(C)c2sc(CCC(=O)O)nc2c1.Cc1nc(-c2ccc(C(F)(F)F)cc2)sc1CSc1cc(C)c2sc(CCC(=O)O)nc2c1. The minimum absolute atomic E-state index is 0.0359. The molecule has 0 aliphatic carbocycles. The number of thiazole rings is 8. The number of rotatable bonds is 28. The van der Waals surface area contributed by atoms with Gasteiger partial charge in [-0.25, -0.2) is 48.7 Å². The Morgan fingerprint density at radius 1 is 0.328 bits per heavy atom. The van der Waals surface area contributed by atoms with E-state index in [0.717, 1.165) is 182 Å². The molecule has 0 spiro atoms. The van der Waals surface area contributed by atoms with Gasteiger partial charge in [0.1, 0.15) is 56.4 Å². The molecule has 8 heterocycles. The van der Waals surface area contributed by atoms with Crippen molar-refractivity contribution in [1.82, 2.24) is 39.9 Å². The molecular weight excluding hydrogens is 1910 g/mol. The van der Waals surface area contributed by atoms with E-state index < -0.39 is 64.9 Å². The molecule has 0 saturated heterocycles. The van der Waals surface area contributed by atoms with Crippen LogP contribution >= 0.6 is 114 Å². The highest BCUT2D eigenvalue weighted by Crippen LogP contribution is 2.44. The molecule has 39 heteroatoms. The highest BCUT2D eigenvalue weighted by atomic mass is 32.2. The van der Waals surface area contributed by atoms with Crippen LogP contribution < -0.4 is 9.47 Å². The van der Waals surface area contributed by atoms with Gasteiger partial charge < -0.3 is 29.9 Å². The lowest BCUT2D eigenvalue weighted by atomic mass is 10.1. The molecule has 0 fully saturated rings. The van der Waals surface area contributed by atoms with Crippen LogP contribution in [-0.4, -0.2) is 84.2 Å². The number of carboxylic acids is 4. The van der Waals surface area contributed by atoms with Gasteiger partial charge in [0.2, 0.25) is 0 Å². The molecule has 4 N–H and O–H groups in total. The number of carboxylic acid groups (broad SMARTS) is 4. The first-order valence-electron chi connectivity index (χ1n) is 39.8. The molecule has 0 aliphatic rings. The second-order valence-electron chi connectivity index (χ2n) is 29.9. The van der Waals surface area contributed by atoms with E-state index in [9.17, 15) is 67.5 Å². The van der Waals surface area contributed by atoms with Crippen molar-refractivity contribution >= 4 is 179 Å². The molecule has 0 unspecified atom stereocenters. The Labute approximate surface area is 782 Å². The van der Waals surface area contributed by atoms with Crippen LogP contribution in [0, 0.1) is 73.9 Å². The van der Waals surface area contributed by atoms with E-state index in [1.54, 1.807) is 36.5 Å². The van der Waals surface area contributed by atoms with Gasteiger partial charge in [0.15, 0.2) is 0 Å². The van der Waals surface area contributed by atoms with Crippen molar-refractivity contribution in [3.8, 4) is 53.8 Å². The Hall–Kier alpha value is -10.8. The Morgan fingerprint density at radius 2 is 0.626 bits per heavy atom. The molecule has 131 heavy (non-hydrogen) atoms. The molecule has 8 aromatic carbocycles. The molecule has 0 bridgehead atoms. The van der Waals surface area contributed by atoms with Gasteiger partial charge in [-0.2, -0.15) is 39.5 Å². The summed E-state index contributed by atoms with van der Waals surface area (Å²) in [6.45, 7) is 17.8. The minimum Gasteiger partial charge on any atom is -0.488 e. The van der Waals surface area contributed by atoms with Gasteiger partial charge in [-0.15, -0.1) is 114 Å². The maximum Gasteiger partial charge on any atom is 0.419 e. The number of fused-ring (bicyclic) bond motifs is 4. The van der Waals surface area contributed by atoms with E-state index in [2.05, 4.69) is 52.0 Å². The van der Waals surface area contributed by atoms with Gasteiger partial charge in [0.25, 0.3) is 0 Å². The highest BCUT2D eigenvalue weighted by Gasteiger charge is 2.35. The van der Waals surface area contributed by atoms with Crippen LogP contribution in [0.4, 0.5) is 48.3 Å². The molecule has 0 atom stereocenters. The van der Waals surface area contributed by atoms with Crippen molar-refractivity contribution in [3.63, 3.8) is 0 Å². The van der Waals surface area contributed by atoms with E-state index in [1.807, 2.05) is 97.9 Å². The second kappa shape index (κ2) is 42.0. The third-order valence-electron chi connectivity index (χ3n) is 19.9. The van der Waals surface area contributed by atoms with E-state index in [1.165, 1.54) is 127 Å². The zero-order chi connectivity index (χ0) is 94.2. The molecule has 8 aromatic heterocycles. The molecule has 16 aromatic rings. The lowest BCUT2D eigenvalue weighted by Gasteiger charge is -2.08. The van der Waals surface area contributed by atoms with Crippen molar-refractivity contribution < 1.29 is 97.4 Å². The number of alkyl halides is 9. The Balaban J connectivity index is 0.000000149. The fourth-order valence-corrected chi connectivity index (χ4v) is 23.5. The quantitative estimate of drug-likeness (QED) is 0.0262. The summed E-state index contributed by atoms with van der Waals surface area (Å²) in [5.74, 6) is -2.31. The monoisotopic (exact) mass is 1980 g/mol. The van der Waals surface area contributed by atoms with Gasteiger partial charge in [0, 0.05) is 91.1 Å². The average Bonchev–Trinajstić information content (AvgIpc) is 1.79. The third kappa shape index (κ3) is 25.6. The van der Waals surface area contributed by atoms with Gasteiger partial charge in [0.05, 0.1) is 136 Å². The highest BCUT2D eigenvalue weighted by molar-refractivity contribution is 7.99.